The molecule has 1 saturated carbocycles. The molecule has 1 aromatic carbocycles. The van der Waals surface area contributed by atoms with Crippen LogP contribution < -0.4 is 5.32 Å². The Kier molecular flexibility index (Phi) is 2.74. The van der Waals surface area contributed by atoms with Gasteiger partial charge in [-0.1, -0.05) is 36.4 Å². The van der Waals surface area contributed by atoms with E-state index in [0.29, 0.717) is 11.9 Å². The predicted molar refractivity (Wildman–Crippen MR) is 81.1 cm³/mol. The summed E-state index contributed by atoms with van der Waals surface area (Å²) >= 11 is 0. The summed E-state index contributed by atoms with van der Waals surface area (Å²) in [6, 6.07) is 16.2. The number of rotatable bonds is 3. The minimum absolute atomic E-state index is 0.0964. The normalized spacial score (nSPS) is 14.3. The number of imidazole rings is 1. The number of carbonyl (C=O) groups excluding carboxylic acids is 1. The monoisotopic (exact) mass is 277 g/mol. The highest BCUT2D eigenvalue weighted by Gasteiger charge is 2.26. The van der Waals surface area contributed by atoms with Crippen molar-refractivity contribution in [1.29, 1.82) is 0 Å². The van der Waals surface area contributed by atoms with Crippen LogP contribution in [-0.4, -0.2) is 21.3 Å². The molecule has 4 nitrogen and oxygen atoms in total. The van der Waals surface area contributed by atoms with Crippen LogP contribution >= 0.6 is 0 Å². The highest BCUT2D eigenvalue weighted by Crippen LogP contribution is 2.25. The first-order valence-corrected chi connectivity index (χ1v) is 7.16. The molecule has 0 saturated heterocycles. The molecule has 0 bridgehead atoms. The van der Waals surface area contributed by atoms with Crippen molar-refractivity contribution < 1.29 is 4.79 Å². The van der Waals surface area contributed by atoms with E-state index < -0.39 is 0 Å². The van der Waals surface area contributed by atoms with Gasteiger partial charge in [0.2, 0.25) is 5.82 Å². The minimum atomic E-state index is -0.0964. The zero-order valence-electron chi connectivity index (χ0n) is 11.5. The second kappa shape index (κ2) is 4.74. The van der Waals surface area contributed by atoms with Gasteiger partial charge in [0.25, 0.3) is 5.91 Å². The summed E-state index contributed by atoms with van der Waals surface area (Å²) in [5.41, 5.74) is 2.81. The Labute approximate surface area is 122 Å². The molecule has 0 unspecified atom stereocenters. The fourth-order valence-corrected chi connectivity index (χ4v) is 2.48. The number of carbonyl (C=O) groups is 1. The van der Waals surface area contributed by atoms with E-state index in [1.807, 2.05) is 59.1 Å². The number of amides is 1. The van der Waals surface area contributed by atoms with Crippen LogP contribution in [-0.2, 0) is 0 Å². The van der Waals surface area contributed by atoms with Crippen molar-refractivity contribution in [2.75, 3.05) is 0 Å². The van der Waals surface area contributed by atoms with E-state index in [1.54, 1.807) is 0 Å². The number of hydrogen-bond acceptors (Lipinski definition) is 2. The highest BCUT2D eigenvalue weighted by atomic mass is 16.2. The number of nitrogens with one attached hydrogen (secondary N) is 1. The van der Waals surface area contributed by atoms with Crippen LogP contribution in [0.3, 0.4) is 0 Å². The smallest absolute Gasteiger partial charge is 0.287 e. The van der Waals surface area contributed by atoms with Gasteiger partial charge in [0, 0.05) is 17.8 Å². The lowest BCUT2D eigenvalue weighted by atomic mass is 10.1. The van der Waals surface area contributed by atoms with Gasteiger partial charge in [0.15, 0.2) is 0 Å². The standard InChI is InChI=1S/C17H15N3O/c21-17(18-13-9-10-13)16-19-15(12-6-2-1-3-7-12)14-8-4-5-11-20(14)16/h1-8,11,13H,9-10H2,(H,18,21). The maximum absolute atomic E-state index is 12.4. The van der Waals surface area contributed by atoms with E-state index >= 15 is 0 Å². The summed E-state index contributed by atoms with van der Waals surface area (Å²) in [6.45, 7) is 0. The number of pyridine rings is 1. The van der Waals surface area contributed by atoms with Gasteiger partial charge in [-0.3, -0.25) is 9.20 Å². The molecule has 1 aliphatic rings. The van der Waals surface area contributed by atoms with Crippen molar-refractivity contribution in [1.82, 2.24) is 14.7 Å². The largest absolute Gasteiger partial charge is 0.347 e. The fraction of sp³-hybridized carbons (Fsp3) is 0.176. The summed E-state index contributed by atoms with van der Waals surface area (Å²) in [5, 5.41) is 3.00. The van der Waals surface area contributed by atoms with E-state index in [0.717, 1.165) is 29.6 Å². The van der Waals surface area contributed by atoms with Crippen LogP contribution in [0.15, 0.2) is 54.7 Å². The molecule has 1 aliphatic carbocycles. The molecule has 0 atom stereocenters. The molecule has 0 radical (unpaired) electrons. The van der Waals surface area contributed by atoms with Crippen LogP contribution in [0.1, 0.15) is 23.5 Å². The van der Waals surface area contributed by atoms with Crippen molar-refractivity contribution in [2.24, 2.45) is 0 Å². The first-order valence-electron chi connectivity index (χ1n) is 7.16. The summed E-state index contributed by atoms with van der Waals surface area (Å²) in [5.74, 6) is 0.359. The van der Waals surface area contributed by atoms with E-state index in [2.05, 4.69) is 10.3 Å². The number of fused-ring (bicyclic) bond motifs is 1. The fourth-order valence-electron chi connectivity index (χ4n) is 2.48. The van der Waals surface area contributed by atoms with Crippen molar-refractivity contribution in [3.8, 4) is 11.3 Å². The Morgan fingerprint density at radius 3 is 2.62 bits per heavy atom. The van der Waals surface area contributed by atoms with Crippen LogP contribution in [0.2, 0.25) is 0 Å². The van der Waals surface area contributed by atoms with Gasteiger partial charge in [0.05, 0.1) is 11.2 Å². The molecular weight excluding hydrogens is 262 g/mol. The zero-order valence-corrected chi connectivity index (χ0v) is 11.5. The third-order valence-corrected chi connectivity index (χ3v) is 3.71. The second-order valence-corrected chi connectivity index (χ2v) is 5.35. The Morgan fingerprint density at radius 1 is 1.10 bits per heavy atom. The average Bonchev–Trinajstić information content (AvgIpc) is 3.25. The average molecular weight is 277 g/mol. The molecular formula is C17H15N3O. The maximum Gasteiger partial charge on any atom is 0.287 e. The van der Waals surface area contributed by atoms with Gasteiger partial charge < -0.3 is 5.32 Å². The lowest BCUT2D eigenvalue weighted by Crippen LogP contribution is -2.27. The third kappa shape index (κ3) is 2.18. The summed E-state index contributed by atoms with van der Waals surface area (Å²) in [6.07, 6.45) is 4.03. The lowest BCUT2D eigenvalue weighted by Gasteiger charge is -2.01. The molecule has 0 spiro atoms. The van der Waals surface area contributed by atoms with E-state index in [-0.39, 0.29) is 5.91 Å². The number of nitrogens with zero attached hydrogens (tertiary/aromatic N) is 2. The van der Waals surface area contributed by atoms with Crippen molar-refractivity contribution in [2.45, 2.75) is 18.9 Å². The molecule has 4 rings (SSSR count). The second-order valence-electron chi connectivity index (χ2n) is 5.35. The van der Waals surface area contributed by atoms with Crippen LogP contribution in [0, 0.1) is 0 Å². The van der Waals surface area contributed by atoms with Crippen molar-refractivity contribution in [3.63, 3.8) is 0 Å². The zero-order chi connectivity index (χ0) is 14.2. The van der Waals surface area contributed by atoms with Crippen LogP contribution in [0.4, 0.5) is 0 Å². The first kappa shape index (κ1) is 12.1. The highest BCUT2D eigenvalue weighted by molar-refractivity contribution is 5.94. The first-order chi connectivity index (χ1) is 10.3. The molecule has 2 heterocycles. The molecule has 1 N–H and O–H groups in total. The number of hydrogen-bond donors (Lipinski definition) is 1. The summed E-state index contributed by atoms with van der Waals surface area (Å²) in [7, 11) is 0. The number of aromatic nitrogens is 2. The van der Waals surface area contributed by atoms with Gasteiger partial charge in [-0.25, -0.2) is 4.98 Å². The molecule has 3 aromatic rings. The Balaban J connectivity index is 1.86. The SMILES string of the molecule is O=C(NC1CC1)c1nc(-c2ccccc2)c2ccccn12. The van der Waals surface area contributed by atoms with Crippen LogP contribution in [0.5, 0.6) is 0 Å². The number of benzene rings is 1. The lowest BCUT2D eigenvalue weighted by molar-refractivity contribution is 0.0940. The predicted octanol–water partition coefficient (Wildman–Crippen LogP) is 2.89. The Hall–Kier alpha value is -2.62. The molecule has 4 heteroatoms. The summed E-state index contributed by atoms with van der Waals surface area (Å²) in [4.78, 5) is 17.0. The van der Waals surface area contributed by atoms with Gasteiger partial charge in [-0.15, -0.1) is 0 Å². The third-order valence-electron chi connectivity index (χ3n) is 3.71. The van der Waals surface area contributed by atoms with Gasteiger partial charge in [-0.05, 0) is 25.0 Å². The Morgan fingerprint density at radius 2 is 1.86 bits per heavy atom. The summed E-state index contributed by atoms with van der Waals surface area (Å²) < 4.78 is 1.86. The van der Waals surface area contributed by atoms with E-state index in [4.69, 9.17) is 0 Å². The van der Waals surface area contributed by atoms with Gasteiger partial charge in [-0.2, -0.15) is 0 Å². The van der Waals surface area contributed by atoms with Gasteiger partial charge in [0.1, 0.15) is 0 Å². The molecule has 2 aromatic heterocycles. The Bertz CT molecular complexity index is 803. The molecule has 0 aliphatic heterocycles. The van der Waals surface area contributed by atoms with E-state index in [1.165, 1.54) is 0 Å². The van der Waals surface area contributed by atoms with Gasteiger partial charge >= 0.3 is 0 Å². The van der Waals surface area contributed by atoms with E-state index in [9.17, 15) is 4.79 Å². The maximum atomic E-state index is 12.4. The molecule has 1 amide bonds. The van der Waals surface area contributed by atoms with Crippen molar-refractivity contribution >= 4 is 11.4 Å². The minimum Gasteiger partial charge on any atom is -0.347 e. The molecule has 104 valence electrons. The van der Waals surface area contributed by atoms with Crippen LogP contribution in [0.25, 0.3) is 16.8 Å². The quantitative estimate of drug-likeness (QED) is 0.800. The molecule has 1 fully saturated rings. The van der Waals surface area contributed by atoms with Crippen molar-refractivity contribution in [3.05, 3.63) is 60.6 Å². The molecule has 21 heavy (non-hydrogen) atoms. The topological polar surface area (TPSA) is 46.4 Å².